The molecule has 0 aliphatic carbocycles. The fraction of sp³-hybridized carbons (Fsp3) is 0.294. The van der Waals surface area contributed by atoms with Gasteiger partial charge in [0.15, 0.2) is 0 Å². The molecule has 0 spiro atoms. The second-order valence-electron chi connectivity index (χ2n) is 6.01. The van der Waals surface area contributed by atoms with Crippen LogP contribution >= 0.6 is 0 Å². The number of halogens is 1. The lowest BCUT2D eigenvalue weighted by Gasteiger charge is -2.21. The van der Waals surface area contributed by atoms with Crippen LogP contribution in [0.5, 0.6) is 0 Å². The minimum absolute atomic E-state index is 0.0438. The second kappa shape index (κ2) is 7.04. The van der Waals surface area contributed by atoms with Crippen molar-refractivity contribution in [1.82, 2.24) is 15.2 Å². The summed E-state index contributed by atoms with van der Waals surface area (Å²) in [7, 11) is 0. The molecule has 136 valence electrons. The molecule has 8 nitrogen and oxygen atoms in total. The fourth-order valence-corrected chi connectivity index (χ4v) is 2.89. The van der Waals surface area contributed by atoms with E-state index in [4.69, 9.17) is 5.11 Å². The number of carboxylic acid groups (broad SMARTS) is 1. The Balaban J connectivity index is 1.66. The molecule has 1 fully saturated rings. The van der Waals surface area contributed by atoms with Crippen LogP contribution in [0.2, 0.25) is 0 Å². The van der Waals surface area contributed by atoms with Crippen LogP contribution in [-0.2, 0) is 9.59 Å². The molecule has 1 aliphatic heterocycles. The summed E-state index contributed by atoms with van der Waals surface area (Å²) in [4.78, 5) is 40.6. The predicted octanol–water partition coefficient (Wildman–Crippen LogP) is 0.150. The number of aromatic nitrogens is 1. The van der Waals surface area contributed by atoms with E-state index in [0.29, 0.717) is 10.9 Å². The first kappa shape index (κ1) is 17.7. The Bertz CT molecular complexity index is 888. The number of benzene rings is 1. The number of likely N-dealkylation sites (tertiary alicyclic amines) is 1. The van der Waals surface area contributed by atoms with Crippen LogP contribution in [0, 0.1) is 5.82 Å². The van der Waals surface area contributed by atoms with Crippen LogP contribution in [0.4, 0.5) is 4.39 Å². The molecule has 2 atom stereocenters. The number of amides is 2. The molecule has 1 aliphatic rings. The van der Waals surface area contributed by atoms with E-state index in [0.717, 1.165) is 4.90 Å². The summed E-state index contributed by atoms with van der Waals surface area (Å²) in [6, 6.07) is 5.79. The highest BCUT2D eigenvalue weighted by molar-refractivity contribution is 5.97. The standard InChI is InChI=1S/C17H16FN3O5/c18-10-2-4-12-9(5-10)1-3-13(20-12)16(24)19-7-15(23)21-8-11(22)6-14(21)17(25)26/h1-5,11,14,22H,6-8H2,(H,19,24)(H,25,26)/t11-,14+/m1/s1. The number of carbonyl (C=O) groups excluding carboxylic acids is 2. The maximum atomic E-state index is 13.2. The van der Waals surface area contributed by atoms with E-state index in [2.05, 4.69) is 10.3 Å². The quantitative estimate of drug-likeness (QED) is 0.713. The maximum absolute atomic E-state index is 13.2. The minimum atomic E-state index is -1.20. The highest BCUT2D eigenvalue weighted by atomic mass is 19.1. The van der Waals surface area contributed by atoms with Gasteiger partial charge < -0.3 is 20.4 Å². The number of nitrogens with zero attached hydrogens (tertiary/aromatic N) is 2. The monoisotopic (exact) mass is 361 g/mol. The van der Waals surface area contributed by atoms with Crippen molar-refractivity contribution in [3.05, 3.63) is 41.8 Å². The molecule has 1 aromatic carbocycles. The largest absolute Gasteiger partial charge is 0.480 e. The molecule has 26 heavy (non-hydrogen) atoms. The molecule has 3 N–H and O–H groups in total. The number of rotatable bonds is 4. The van der Waals surface area contributed by atoms with E-state index in [9.17, 15) is 23.9 Å². The van der Waals surface area contributed by atoms with Gasteiger partial charge in [0.05, 0.1) is 18.2 Å². The van der Waals surface area contributed by atoms with Crippen molar-refractivity contribution in [2.24, 2.45) is 0 Å². The summed E-state index contributed by atoms with van der Waals surface area (Å²) in [6.07, 6.45) is -0.948. The molecule has 1 saturated heterocycles. The number of β-amino-alcohol motifs (C(OH)–C–C–N with tert-alkyl or cyclic N) is 1. The van der Waals surface area contributed by atoms with E-state index < -0.39 is 42.3 Å². The molecule has 2 aromatic rings. The number of aliphatic hydroxyl groups is 1. The van der Waals surface area contributed by atoms with E-state index in [1.54, 1.807) is 6.07 Å². The van der Waals surface area contributed by atoms with Crippen molar-refractivity contribution in [2.45, 2.75) is 18.6 Å². The molecule has 1 aromatic heterocycles. The number of carboxylic acids is 1. The topological polar surface area (TPSA) is 120 Å². The van der Waals surface area contributed by atoms with Gasteiger partial charge in [0.25, 0.3) is 5.91 Å². The SMILES string of the molecule is O=C(NCC(=O)N1C[C@H](O)C[C@H]1C(=O)O)c1ccc2cc(F)ccc2n1. The van der Waals surface area contributed by atoms with Crippen molar-refractivity contribution in [2.75, 3.05) is 13.1 Å². The normalized spacial score (nSPS) is 19.5. The average Bonchev–Trinajstić information content (AvgIpc) is 3.01. The van der Waals surface area contributed by atoms with Crippen LogP contribution in [0.25, 0.3) is 10.9 Å². The zero-order valence-electron chi connectivity index (χ0n) is 13.6. The van der Waals surface area contributed by atoms with Crippen molar-refractivity contribution < 1.29 is 29.0 Å². The number of aliphatic carboxylic acids is 1. The number of fused-ring (bicyclic) bond motifs is 1. The van der Waals surface area contributed by atoms with Gasteiger partial charge in [-0.25, -0.2) is 14.2 Å². The van der Waals surface area contributed by atoms with Crippen LogP contribution in [0.3, 0.4) is 0 Å². The van der Waals surface area contributed by atoms with Gasteiger partial charge in [0.1, 0.15) is 17.6 Å². The number of hydrogen-bond acceptors (Lipinski definition) is 5. The second-order valence-corrected chi connectivity index (χ2v) is 6.01. The lowest BCUT2D eigenvalue weighted by Crippen LogP contribution is -2.45. The number of hydrogen-bond donors (Lipinski definition) is 3. The zero-order chi connectivity index (χ0) is 18.8. The van der Waals surface area contributed by atoms with Gasteiger partial charge in [-0.2, -0.15) is 0 Å². The first-order chi connectivity index (χ1) is 12.3. The third-order valence-electron chi connectivity index (χ3n) is 4.17. The molecule has 2 heterocycles. The molecule has 0 unspecified atom stereocenters. The van der Waals surface area contributed by atoms with Crippen LogP contribution in [0.15, 0.2) is 30.3 Å². The summed E-state index contributed by atoms with van der Waals surface area (Å²) in [5.74, 6) is -2.84. The molecule has 0 saturated carbocycles. The van der Waals surface area contributed by atoms with Crippen LogP contribution < -0.4 is 5.32 Å². The number of nitrogens with one attached hydrogen (secondary N) is 1. The Hall–Kier alpha value is -3.07. The number of carbonyl (C=O) groups is 3. The van der Waals surface area contributed by atoms with Gasteiger partial charge in [0.2, 0.25) is 5.91 Å². The minimum Gasteiger partial charge on any atom is -0.480 e. The molecule has 2 amide bonds. The highest BCUT2D eigenvalue weighted by Gasteiger charge is 2.38. The van der Waals surface area contributed by atoms with Crippen molar-refractivity contribution >= 4 is 28.7 Å². The van der Waals surface area contributed by atoms with E-state index >= 15 is 0 Å². The number of aliphatic hydroxyl groups excluding tert-OH is 1. The molecule has 0 radical (unpaired) electrons. The lowest BCUT2D eigenvalue weighted by atomic mass is 10.2. The van der Waals surface area contributed by atoms with Crippen molar-refractivity contribution in [3.8, 4) is 0 Å². The Kier molecular flexibility index (Phi) is 4.81. The summed E-state index contributed by atoms with van der Waals surface area (Å²) >= 11 is 0. The third-order valence-corrected chi connectivity index (χ3v) is 4.17. The summed E-state index contributed by atoms with van der Waals surface area (Å²) in [6.45, 7) is -0.510. The van der Waals surface area contributed by atoms with Gasteiger partial charge in [-0.15, -0.1) is 0 Å². The first-order valence-corrected chi connectivity index (χ1v) is 7.90. The van der Waals surface area contributed by atoms with Crippen molar-refractivity contribution in [3.63, 3.8) is 0 Å². The van der Waals surface area contributed by atoms with Crippen molar-refractivity contribution in [1.29, 1.82) is 0 Å². The third kappa shape index (κ3) is 3.62. The van der Waals surface area contributed by atoms with Gasteiger partial charge in [0, 0.05) is 18.4 Å². The molecule has 3 rings (SSSR count). The fourth-order valence-electron chi connectivity index (χ4n) is 2.89. The Morgan fingerprint density at radius 3 is 2.77 bits per heavy atom. The molecule has 9 heteroatoms. The summed E-state index contributed by atoms with van der Waals surface area (Å²) < 4.78 is 13.2. The van der Waals surface area contributed by atoms with E-state index in [1.807, 2.05) is 0 Å². The smallest absolute Gasteiger partial charge is 0.326 e. The first-order valence-electron chi connectivity index (χ1n) is 7.90. The Labute approximate surface area is 147 Å². The summed E-state index contributed by atoms with van der Waals surface area (Å²) in [5, 5.41) is 21.6. The van der Waals surface area contributed by atoms with Gasteiger partial charge >= 0.3 is 5.97 Å². The van der Waals surface area contributed by atoms with E-state index in [1.165, 1.54) is 24.3 Å². The number of pyridine rings is 1. The van der Waals surface area contributed by atoms with E-state index in [-0.39, 0.29) is 18.7 Å². The summed E-state index contributed by atoms with van der Waals surface area (Å²) in [5.41, 5.74) is 0.479. The predicted molar refractivity (Wildman–Crippen MR) is 87.8 cm³/mol. The van der Waals surface area contributed by atoms with Crippen LogP contribution in [0.1, 0.15) is 16.9 Å². The van der Waals surface area contributed by atoms with Crippen LogP contribution in [-0.4, -0.2) is 63.1 Å². The average molecular weight is 361 g/mol. The molecule has 0 bridgehead atoms. The highest BCUT2D eigenvalue weighted by Crippen LogP contribution is 2.18. The molecular formula is C17H16FN3O5. The Morgan fingerprint density at radius 1 is 1.27 bits per heavy atom. The maximum Gasteiger partial charge on any atom is 0.326 e. The van der Waals surface area contributed by atoms with Gasteiger partial charge in [-0.1, -0.05) is 6.07 Å². The molecular weight excluding hydrogens is 345 g/mol. The lowest BCUT2D eigenvalue weighted by molar-refractivity contribution is -0.147. The zero-order valence-corrected chi connectivity index (χ0v) is 13.6. The van der Waals surface area contributed by atoms with Gasteiger partial charge in [-0.05, 0) is 24.3 Å². The van der Waals surface area contributed by atoms with Gasteiger partial charge in [-0.3, -0.25) is 9.59 Å². The Morgan fingerprint density at radius 2 is 2.04 bits per heavy atom.